The van der Waals surface area contributed by atoms with Crippen LogP contribution in [0.4, 0.5) is 0 Å². The summed E-state index contributed by atoms with van der Waals surface area (Å²) in [6.45, 7) is 1.82. The normalized spacial score (nSPS) is 12.0. The molecule has 1 aromatic carbocycles. The van der Waals surface area contributed by atoms with E-state index in [0.717, 1.165) is 6.42 Å². The lowest BCUT2D eigenvalue weighted by Gasteiger charge is -2.15. The number of hydrogen-bond donors (Lipinski definition) is 2. The van der Waals surface area contributed by atoms with Gasteiger partial charge in [-0.1, -0.05) is 30.1 Å². The number of benzene rings is 1. The Bertz CT molecular complexity index is 602. The van der Waals surface area contributed by atoms with Crippen LogP contribution in [0.3, 0.4) is 0 Å². The minimum atomic E-state index is -0.255. The van der Waals surface area contributed by atoms with E-state index in [4.69, 9.17) is 27.9 Å². The van der Waals surface area contributed by atoms with Crippen LogP contribution in [-0.2, 0) is 4.79 Å². The molecule has 1 unspecified atom stereocenters. The number of amides is 1. The van der Waals surface area contributed by atoms with Crippen LogP contribution in [0.1, 0.15) is 25.2 Å². The molecule has 7 heteroatoms. The van der Waals surface area contributed by atoms with Gasteiger partial charge in [-0.3, -0.25) is 4.79 Å². The number of hydrogen-bond acceptors (Lipinski definition) is 3. The van der Waals surface area contributed by atoms with Crippen LogP contribution in [0.5, 0.6) is 5.75 Å². The predicted molar refractivity (Wildman–Crippen MR) is 81.7 cm³/mol. The first-order chi connectivity index (χ1) is 10.1. The van der Waals surface area contributed by atoms with Crippen LogP contribution >= 0.6 is 23.2 Å². The van der Waals surface area contributed by atoms with Gasteiger partial charge in [0.05, 0.1) is 11.1 Å². The number of ether oxygens (including phenoxy) is 1. The van der Waals surface area contributed by atoms with E-state index in [2.05, 4.69) is 15.3 Å². The van der Waals surface area contributed by atoms with E-state index in [0.29, 0.717) is 21.6 Å². The molecule has 0 spiro atoms. The van der Waals surface area contributed by atoms with Gasteiger partial charge < -0.3 is 15.0 Å². The number of aromatic nitrogens is 2. The first-order valence-corrected chi connectivity index (χ1v) is 7.22. The minimum absolute atomic E-state index is 0.142. The summed E-state index contributed by atoms with van der Waals surface area (Å²) in [6.07, 6.45) is 4.08. The second-order valence-electron chi connectivity index (χ2n) is 4.37. The van der Waals surface area contributed by atoms with Crippen molar-refractivity contribution in [3.8, 4) is 5.75 Å². The monoisotopic (exact) mass is 327 g/mol. The number of halogens is 2. The Morgan fingerprint density at radius 3 is 2.95 bits per heavy atom. The summed E-state index contributed by atoms with van der Waals surface area (Å²) in [5, 5.41) is 3.74. The average molecular weight is 328 g/mol. The largest absolute Gasteiger partial charge is 0.482 e. The van der Waals surface area contributed by atoms with E-state index in [-0.39, 0.29) is 18.6 Å². The molecule has 0 bridgehead atoms. The van der Waals surface area contributed by atoms with Gasteiger partial charge >= 0.3 is 0 Å². The highest BCUT2D eigenvalue weighted by molar-refractivity contribution is 6.34. The van der Waals surface area contributed by atoms with Crippen molar-refractivity contribution in [2.45, 2.75) is 19.4 Å². The van der Waals surface area contributed by atoms with E-state index in [9.17, 15) is 4.79 Å². The van der Waals surface area contributed by atoms with Crippen LogP contribution in [0.2, 0.25) is 10.0 Å². The van der Waals surface area contributed by atoms with Crippen molar-refractivity contribution in [2.75, 3.05) is 6.61 Å². The molecule has 0 aliphatic carbocycles. The Morgan fingerprint density at radius 1 is 1.48 bits per heavy atom. The summed E-state index contributed by atoms with van der Waals surface area (Å²) in [6, 6.07) is 4.67. The molecule has 5 nitrogen and oxygen atoms in total. The lowest BCUT2D eigenvalue weighted by atomic mass is 10.2. The van der Waals surface area contributed by atoms with Crippen molar-refractivity contribution in [3.05, 3.63) is 46.5 Å². The third-order valence-electron chi connectivity index (χ3n) is 2.84. The molecular weight excluding hydrogens is 313 g/mol. The molecule has 0 aliphatic rings. The maximum absolute atomic E-state index is 11.9. The Morgan fingerprint density at radius 2 is 2.29 bits per heavy atom. The van der Waals surface area contributed by atoms with Gasteiger partial charge in [-0.2, -0.15) is 0 Å². The quantitative estimate of drug-likeness (QED) is 0.854. The molecule has 0 saturated carbocycles. The maximum atomic E-state index is 11.9. The molecular formula is C14H15Cl2N3O2. The highest BCUT2D eigenvalue weighted by Crippen LogP contribution is 2.27. The molecule has 0 radical (unpaired) electrons. The zero-order chi connectivity index (χ0) is 15.2. The molecule has 1 aromatic heterocycles. The molecule has 2 rings (SSSR count). The molecule has 112 valence electrons. The van der Waals surface area contributed by atoms with Crippen LogP contribution in [0, 0.1) is 0 Å². The fraction of sp³-hybridized carbons (Fsp3) is 0.286. The summed E-state index contributed by atoms with van der Waals surface area (Å²) < 4.78 is 5.38. The summed E-state index contributed by atoms with van der Waals surface area (Å²) in [5.74, 6) is 0.839. The molecule has 1 heterocycles. The average Bonchev–Trinajstić information content (AvgIpc) is 2.99. The van der Waals surface area contributed by atoms with Gasteiger partial charge in [0.15, 0.2) is 6.61 Å². The number of carbonyl (C=O) groups is 1. The number of nitrogens with one attached hydrogen (secondary N) is 2. The predicted octanol–water partition coefficient (Wildman–Crippen LogP) is 3.36. The Hall–Kier alpha value is -1.72. The van der Waals surface area contributed by atoms with Crippen molar-refractivity contribution in [2.24, 2.45) is 0 Å². The van der Waals surface area contributed by atoms with Crippen molar-refractivity contribution in [1.29, 1.82) is 0 Å². The summed E-state index contributed by atoms with van der Waals surface area (Å²) in [4.78, 5) is 19.0. The summed E-state index contributed by atoms with van der Waals surface area (Å²) in [7, 11) is 0. The van der Waals surface area contributed by atoms with Crippen LogP contribution in [0.15, 0.2) is 30.6 Å². The molecule has 21 heavy (non-hydrogen) atoms. The Labute approximate surface area is 132 Å². The second kappa shape index (κ2) is 7.33. The second-order valence-corrected chi connectivity index (χ2v) is 5.21. The van der Waals surface area contributed by atoms with E-state index >= 15 is 0 Å². The fourth-order valence-corrected chi connectivity index (χ4v) is 2.13. The van der Waals surface area contributed by atoms with E-state index in [1.807, 2.05) is 6.92 Å². The number of imidazole rings is 1. The van der Waals surface area contributed by atoms with Crippen LogP contribution < -0.4 is 10.1 Å². The third-order valence-corrected chi connectivity index (χ3v) is 3.39. The zero-order valence-electron chi connectivity index (χ0n) is 11.4. The van der Waals surface area contributed by atoms with Gasteiger partial charge in [0.2, 0.25) is 0 Å². The molecule has 0 aliphatic heterocycles. The molecule has 1 amide bonds. The topological polar surface area (TPSA) is 67.0 Å². The number of H-pyrrole nitrogens is 1. The van der Waals surface area contributed by atoms with Gasteiger partial charge in [-0.25, -0.2) is 4.98 Å². The lowest BCUT2D eigenvalue weighted by molar-refractivity contribution is -0.123. The standard InChI is InChI=1S/C14H15Cl2N3O2/c1-2-11(14-17-5-6-18-14)19-13(20)8-21-12-7-9(15)3-4-10(12)16/h3-7,11H,2,8H2,1H3,(H,17,18)(H,19,20). The van der Waals surface area contributed by atoms with E-state index in [1.54, 1.807) is 30.6 Å². The van der Waals surface area contributed by atoms with Gasteiger partial charge in [0, 0.05) is 23.5 Å². The Balaban J connectivity index is 1.91. The van der Waals surface area contributed by atoms with E-state index < -0.39 is 0 Å². The SMILES string of the molecule is CCC(NC(=O)COc1cc(Cl)ccc1Cl)c1ncc[nH]1. The number of carbonyl (C=O) groups excluding carboxylic acids is 1. The summed E-state index contributed by atoms with van der Waals surface area (Å²) in [5.41, 5.74) is 0. The highest BCUT2D eigenvalue weighted by atomic mass is 35.5. The lowest BCUT2D eigenvalue weighted by Crippen LogP contribution is -2.33. The van der Waals surface area contributed by atoms with Crippen molar-refractivity contribution < 1.29 is 9.53 Å². The van der Waals surface area contributed by atoms with Crippen molar-refractivity contribution in [1.82, 2.24) is 15.3 Å². The van der Waals surface area contributed by atoms with Gasteiger partial charge in [0.1, 0.15) is 11.6 Å². The van der Waals surface area contributed by atoms with Crippen molar-refractivity contribution >= 4 is 29.1 Å². The van der Waals surface area contributed by atoms with Crippen LogP contribution in [-0.4, -0.2) is 22.5 Å². The molecule has 1 atom stereocenters. The first-order valence-electron chi connectivity index (χ1n) is 6.46. The third kappa shape index (κ3) is 4.37. The molecule has 0 fully saturated rings. The van der Waals surface area contributed by atoms with Gasteiger partial charge in [0.25, 0.3) is 5.91 Å². The number of rotatable bonds is 6. The first kappa shape index (κ1) is 15.7. The highest BCUT2D eigenvalue weighted by Gasteiger charge is 2.15. The maximum Gasteiger partial charge on any atom is 0.258 e. The summed E-state index contributed by atoms with van der Waals surface area (Å²) >= 11 is 11.8. The molecule has 2 N–H and O–H groups in total. The zero-order valence-corrected chi connectivity index (χ0v) is 12.9. The van der Waals surface area contributed by atoms with E-state index in [1.165, 1.54) is 0 Å². The number of nitrogens with zero attached hydrogens (tertiary/aromatic N) is 1. The van der Waals surface area contributed by atoms with Gasteiger partial charge in [-0.15, -0.1) is 0 Å². The van der Waals surface area contributed by atoms with Gasteiger partial charge in [-0.05, 0) is 18.6 Å². The fourth-order valence-electron chi connectivity index (χ4n) is 1.80. The number of aromatic amines is 1. The molecule has 2 aromatic rings. The minimum Gasteiger partial charge on any atom is -0.482 e. The Kier molecular flexibility index (Phi) is 5.47. The van der Waals surface area contributed by atoms with Crippen molar-refractivity contribution in [3.63, 3.8) is 0 Å². The molecule has 0 saturated heterocycles. The van der Waals surface area contributed by atoms with Crippen LogP contribution in [0.25, 0.3) is 0 Å². The smallest absolute Gasteiger partial charge is 0.258 e.